The average Bonchev–Trinajstić information content (AvgIpc) is 2.74. The molecule has 8 heteroatoms. The molecular weight excluding hydrogens is 236 g/mol. The van der Waals surface area contributed by atoms with Gasteiger partial charge in [-0.1, -0.05) is 0 Å². The van der Waals surface area contributed by atoms with E-state index in [1.807, 2.05) is 0 Å². The number of aromatic nitrogens is 3. The summed E-state index contributed by atoms with van der Waals surface area (Å²) in [7, 11) is 0. The van der Waals surface area contributed by atoms with E-state index in [-0.39, 0.29) is 12.3 Å². The summed E-state index contributed by atoms with van der Waals surface area (Å²) in [6.07, 6.45) is 1.82. The van der Waals surface area contributed by atoms with Gasteiger partial charge in [-0.2, -0.15) is 4.52 Å². The number of imide groups is 1. The maximum atomic E-state index is 11.7. The second-order valence-electron chi connectivity index (χ2n) is 3.90. The number of anilines is 2. The van der Waals surface area contributed by atoms with E-state index in [4.69, 9.17) is 5.73 Å². The van der Waals surface area contributed by atoms with Gasteiger partial charge in [0.1, 0.15) is 5.82 Å². The summed E-state index contributed by atoms with van der Waals surface area (Å²) in [5.74, 6) is 0.572. The van der Waals surface area contributed by atoms with E-state index in [9.17, 15) is 9.59 Å². The van der Waals surface area contributed by atoms with E-state index in [2.05, 4.69) is 15.4 Å². The van der Waals surface area contributed by atoms with Gasteiger partial charge in [0, 0.05) is 25.2 Å². The first-order valence-electron chi connectivity index (χ1n) is 5.37. The highest BCUT2D eigenvalue weighted by atomic mass is 16.2. The monoisotopic (exact) mass is 246 g/mol. The summed E-state index contributed by atoms with van der Waals surface area (Å²) >= 11 is 0. The maximum absolute atomic E-state index is 11.7. The molecule has 18 heavy (non-hydrogen) atoms. The standard InChI is InChI=1S/C10H10N6O2/c11-6-1-3-12-7-5-8(14-16(6)7)15-4-2-9(17)13-10(15)18/h1,3,5H,2,4,11H2,(H,13,17,18). The summed E-state index contributed by atoms with van der Waals surface area (Å²) < 4.78 is 1.44. The van der Waals surface area contributed by atoms with Gasteiger partial charge in [-0.15, -0.1) is 5.10 Å². The molecule has 3 N–H and O–H groups in total. The zero-order chi connectivity index (χ0) is 12.7. The topological polar surface area (TPSA) is 106 Å². The first kappa shape index (κ1) is 10.5. The number of nitrogens with one attached hydrogen (secondary N) is 1. The molecule has 1 aliphatic heterocycles. The molecule has 0 saturated carbocycles. The lowest BCUT2D eigenvalue weighted by Crippen LogP contribution is -2.49. The van der Waals surface area contributed by atoms with Crippen LogP contribution >= 0.6 is 0 Å². The lowest BCUT2D eigenvalue weighted by atomic mass is 10.3. The first-order valence-corrected chi connectivity index (χ1v) is 5.37. The molecule has 3 rings (SSSR count). The second kappa shape index (κ2) is 3.69. The van der Waals surface area contributed by atoms with Gasteiger partial charge in [0.25, 0.3) is 0 Å². The summed E-state index contributed by atoms with van der Waals surface area (Å²) in [6, 6.07) is 2.78. The molecule has 0 radical (unpaired) electrons. The molecule has 0 spiro atoms. The number of carbonyl (C=O) groups is 2. The molecule has 1 saturated heterocycles. The van der Waals surface area contributed by atoms with Crippen LogP contribution in [0.1, 0.15) is 6.42 Å². The molecule has 0 atom stereocenters. The van der Waals surface area contributed by atoms with E-state index in [0.29, 0.717) is 23.8 Å². The Morgan fingerprint density at radius 3 is 2.94 bits per heavy atom. The number of hydrogen-bond acceptors (Lipinski definition) is 5. The summed E-state index contributed by atoms with van der Waals surface area (Å²) in [5, 5.41) is 6.43. The minimum atomic E-state index is -0.478. The third-order valence-electron chi connectivity index (χ3n) is 2.70. The van der Waals surface area contributed by atoms with Crippen molar-refractivity contribution in [3.63, 3.8) is 0 Å². The van der Waals surface area contributed by atoms with Gasteiger partial charge < -0.3 is 5.73 Å². The fourth-order valence-electron chi connectivity index (χ4n) is 1.82. The summed E-state index contributed by atoms with van der Waals surface area (Å²) in [6.45, 7) is 0.300. The molecule has 0 bridgehead atoms. The van der Waals surface area contributed by atoms with Crippen LogP contribution in [0.2, 0.25) is 0 Å². The van der Waals surface area contributed by atoms with Crippen molar-refractivity contribution in [3.8, 4) is 0 Å². The zero-order valence-corrected chi connectivity index (χ0v) is 9.33. The maximum Gasteiger partial charge on any atom is 0.329 e. The minimum absolute atomic E-state index is 0.253. The number of rotatable bonds is 1. The first-order chi connectivity index (χ1) is 8.65. The molecule has 8 nitrogen and oxygen atoms in total. The summed E-state index contributed by atoms with van der Waals surface area (Å²) in [4.78, 5) is 28.2. The van der Waals surface area contributed by atoms with Gasteiger partial charge in [0.2, 0.25) is 5.91 Å². The SMILES string of the molecule is Nc1ccnc2cc(N3CCC(=O)NC3=O)nn12. The predicted molar refractivity (Wildman–Crippen MR) is 62.9 cm³/mol. The molecule has 1 aliphatic rings. The van der Waals surface area contributed by atoms with Gasteiger partial charge in [-0.05, 0) is 6.07 Å². The second-order valence-corrected chi connectivity index (χ2v) is 3.90. The van der Waals surface area contributed by atoms with Crippen LogP contribution in [0.4, 0.5) is 16.4 Å². The lowest BCUT2D eigenvalue weighted by molar-refractivity contribution is -0.120. The minimum Gasteiger partial charge on any atom is -0.384 e. The number of nitrogens with zero attached hydrogens (tertiary/aromatic N) is 4. The largest absolute Gasteiger partial charge is 0.384 e. The predicted octanol–water partition coefficient (Wildman–Crippen LogP) is -0.242. The Balaban J connectivity index is 2.02. The van der Waals surface area contributed by atoms with Crippen molar-refractivity contribution in [1.29, 1.82) is 0 Å². The van der Waals surface area contributed by atoms with Crippen molar-refractivity contribution in [2.24, 2.45) is 0 Å². The van der Waals surface area contributed by atoms with E-state index < -0.39 is 6.03 Å². The van der Waals surface area contributed by atoms with Gasteiger partial charge in [-0.3, -0.25) is 15.0 Å². The highest BCUT2D eigenvalue weighted by Crippen LogP contribution is 2.18. The molecule has 2 aromatic rings. The van der Waals surface area contributed by atoms with Crippen LogP contribution in [0.5, 0.6) is 0 Å². The number of nitrogens with two attached hydrogens (primary N) is 1. The number of urea groups is 1. The Kier molecular flexibility index (Phi) is 2.15. The molecule has 3 amide bonds. The lowest BCUT2D eigenvalue weighted by Gasteiger charge is -2.23. The number of amides is 3. The molecule has 0 unspecified atom stereocenters. The molecule has 0 aromatic carbocycles. The van der Waals surface area contributed by atoms with Crippen molar-refractivity contribution in [3.05, 3.63) is 18.3 Å². The quantitative estimate of drug-likeness (QED) is 0.722. The van der Waals surface area contributed by atoms with Crippen molar-refractivity contribution in [2.45, 2.75) is 6.42 Å². The molecule has 2 aromatic heterocycles. The van der Waals surface area contributed by atoms with E-state index in [0.717, 1.165) is 0 Å². The fraction of sp³-hybridized carbons (Fsp3) is 0.200. The molecule has 1 fully saturated rings. The molecule has 92 valence electrons. The Hall–Kier alpha value is -2.64. The van der Waals surface area contributed by atoms with Crippen molar-refractivity contribution >= 4 is 29.2 Å². The number of carbonyl (C=O) groups excluding carboxylic acids is 2. The zero-order valence-electron chi connectivity index (χ0n) is 9.33. The van der Waals surface area contributed by atoms with Gasteiger partial charge in [-0.25, -0.2) is 9.78 Å². The average molecular weight is 246 g/mol. The Bertz CT molecular complexity index is 649. The van der Waals surface area contributed by atoms with Crippen LogP contribution < -0.4 is 16.0 Å². The fourth-order valence-corrected chi connectivity index (χ4v) is 1.82. The molecular formula is C10H10N6O2. The highest BCUT2D eigenvalue weighted by molar-refractivity contribution is 6.05. The van der Waals surface area contributed by atoms with E-state index in [1.165, 1.54) is 9.42 Å². The van der Waals surface area contributed by atoms with Gasteiger partial charge >= 0.3 is 6.03 Å². The smallest absolute Gasteiger partial charge is 0.329 e. The Morgan fingerprint density at radius 1 is 1.39 bits per heavy atom. The van der Waals surface area contributed by atoms with Crippen LogP contribution in [0, 0.1) is 0 Å². The van der Waals surface area contributed by atoms with Gasteiger partial charge in [0.05, 0.1) is 0 Å². The van der Waals surface area contributed by atoms with Crippen molar-refractivity contribution in [1.82, 2.24) is 19.9 Å². The Labute approximate surface area is 101 Å². The van der Waals surface area contributed by atoms with Crippen LogP contribution in [0.25, 0.3) is 5.65 Å². The number of fused-ring (bicyclic) bond motifs is 1. The third kappa shape index (κ3) is 1.54. The van der Waals surface area contributed by atoms with E-state index in [1.54, 1.807) is 18.3 Å². The van der Waals surface area contributed by atoms with Crippen molar-refractivity contribution in [2.75, 3.05) is 17.2 Å². The highest BCUT2D eigenvalue weighted by Gasteiger charge is 2.26. The van der Waals surface area contributed by atoms with Crippen LogP contribution in [-0.2, 0) is 4.79 Å². The molecule has 3 heterocycles. The van der Waals surface area contributed by atoms with Crippen LogP contribution in [-0.4, -0.2) is 33.1 Å². The normalized spacial score (nSPS) is 16.1. The van der Waals surface area contributed by atoms with Gasteiger partial charge in [0.15, 0.2) is 11.5 Å². The molecule has 0 aliphatic carbocycles. The van der Waals surface area contributed by atoms with E-state index >= 15 is 0 Å². The Morgan fingerprint density at radius 2 is 2.22 bits per heavy atom. The summed E-state index contributed by atoms with van der Waals surface area (Å²) in [5.41, 5.74) is 6.29. The van der Waals surface area contributed by atoms with Crippen molar-refractivity contribution < 1.29 is 9.59 Å². The third-order valence-corrected chi connectivity index (χ3v) is 2.70. The van der Waals surface area contributed by atoms with Crippen LogP contribution in [0.3, 0.4) is 0 Å². The van der Waals surface area contributed by atoms with Crippen LogP contribution in [0.15, 0.2) is 18.3 Å². The number of hydrogen-bond donors (Lipinski definition) is 2. The number of nitrogen functional groups attached to an aromatic ring is 1.